The van der Waals surface area contributed by atoms with E-state index in [0.29, 0.717) is 12.6 Å². The van der Waals surface area contributed by atoms with Gasteiger partial charge in [-0.2, -0.15) is 0 Å². The molecule has 1 aromatic heterocycles. The van der Waals surface area contributed by atoms with Gasteiger partial charge in [0.25, 0.3) is 0 Å². The summed E-state index contributed by atoms with van der Waals surface area (Å²) in [7, 11) is 0. The Morgan fingerprint density at radius 2 is 2.29 bits per heavy atom. The molecule has 3 rings (SSSR count). The molecule has 0 unspecified atom stereocenters. The highest BCUT2D eigenvalue weighted by Gasteiger charge is 2.24. The molecule has 0 radical (unpaired) electrons. The first-order valence-electron chi connectivity index (χ1n) is 8.37. The molecule has 0 spiro atoms. The standard InChI is InChI=1S/C19H23N3O2/c1-14-10-16(7-9-21-14)19(23)22-17-5-2-6-18(11-17)24-13-15-4-3-8-20-12-15/h2-6,8,11-12,14,16,21H,7,9-10,13H2,1H3,(H,22,23)/t14-,16-/m0/s1. The molecule has 1 saturated heterocycles. The predicted molar refractivity (Wildman–Crippen MR) is 93.8 cm³/mol. The van der Waals surface area contributed by atoms with Crippen LogP contribution < -0.4 is 15.4 Å². The van der Waals surface area contributed by atoms with Gasteiger partial charge in [0.15, 0.2) is 0 Å². The zero-order valence-electron chi connectivity index (χ0n) is 13.9. The number of hydrogen-bond donors (Lipinski definition) is 2. The molecule has 2 atom stereocenters. The van der Waals surface area contributed by atoms with Crippen LogP contribution in [0.5, 0.6) is 5.75 Å². The first-order valence-corrected chi connectivity index (χ1v) is 8.37. The highest BCUT2D eigenvalue weighted by atomic mass is 16.5. The molecule has 1 amide bonds. The van der Waals surface area contributed by atoms with E-state index in [9.17, 15) is 4.79 Å². The normalized spacial score (nSPS) is 20.4. The van der Waals surface area contributed by atoms with Crippen molar-refractivity contribution in [2.75, 3.05) is 11.9 Å². The lowest BCUT2D eigenvalue weighted by Crippen LogP contribution is -2.40. The second kappa shape index (κ2) is 7.93. The minimum atomic E-state index is 0.0706. The summed E-state index contributed by atoms with van der Waals surface area (Å²) < 4.78 is 5.78. The van der Waals surface area contributed by atoms with Crippen molar-refractivity contribution in [1.29, 1.82) is 0 Å². The Kier molecular flexibility index (Phi) is 5.43. The predicted octanol–water partition coefficient (Wildman–Crippen LogP) is 2.99. The first-order chi connectivity index (χ1) is 11.7. The second-order valence-corrected chi connectivity index (χ2v) is 6.24. The topological polar surface area (TPSA) is 63.2 Å². The van der Waals surface area contributed by atoms with E-state index < -0.39 is 0 Å². The van der Waals surface area contributed by atoms with Crippen LogP contribution in [0.3, 0.4) is 0 Å². The van der Waals surface area contributed by atoms with Crippen molar-refractivity contribution in [2.45, 2.75) is 32.4 Å². The number of carbonyl (C=O) groups excluding carboxylic acids is 1. The van der Waals surface area contributed by atoms with Crippen molar-refractivity contribution in [1.82, 2.24) is 10.3 Å². The maximum atomic E-state index is 12.4. The fourth-order valence-corrected chi connectivity index (χ4v) is 2.93. The SMILES string of the molecule is C[C@H]1C[C@@H](C(=O)Nc2cccc(OCc3cccnc3)c2)CCN1. The fraction of sp³-hybridized carbons (Fsp3) is 0.368. The molecular weight excluding hydrogens is 302 g/mol. The Bertz CT molecular complexity index is 675. The van der Waals surface area contributed by atoms with Gasteiger partial charge in [-0.15, -0.1) is 0 Å². The highest BCUT2D eigenvalue weighted by molar-refractivity contribution is 5.92. The number of hydrogen-bond acceptors (Lipinski definition) is 4. The van der Waals surface area contributed by atoms with Gasteiger partial charge in [0, 0.05) is 41.7 Å². The molecule has 1 fully saturated rings. The van der Waals surface area contributed by atoms with Gasteiger partial charge < -0.3 is 15.4 Å². The molecule has 2 aromatic rings. The lowest BCUT2D eigenvalue weighted by molar-refractivity contribution is -0.120. The van der Waals surface area contributed by atoms with Gasteiger partial charge in [0.05, 0.1) is 0 Å². The number of carbonyl (C=O) groups is 1. The summed E-state index contributed by atoms with van der Waals surface area (Å²) in [5.41, 5.74) is 1.78. The van der Waals surface area contributed by atoms with Gasteiger partial charge in [0.1, 0.15) is 12.4 Å². The molecule has 5 heteroatoms. The van der Waals surface area contributed by atoms with E-state index in [4.69, 9.17) is 4.74 Å². The summed E-state index contributed by atoms with van der Waals surface area (Å²) in [5, 5.41) is 6.38. The Hall–Kier alpha value is -2.40. The Morgan fingerprint density at radius 3 is 3.08 bits per heavy atom. The number of benzene rings is 1. The van der Waals surface area contributed by atoms with Gasteiger partial charge >= 0.3 is 0 Å². The van der Waals surface area contributed by atoms with Crippen LogP contribution in [-0.2, 0) is 11.4 Å². The van der Waals surface area contributed by atoms with E-state index in [2.05, 4.69) is 22.5 Å². The number of rotatable bonds is 5. The molecule has 0 aliphatic carbocycles. The van der Waals surface area contributed by atoms with Crippen LogP contribution in [0.25, 0.3) is 0 Å². The van der Waals surface area contributed by atoms with Crippen LogP contribution in [0, 0.1) is 5.92 Å². The van der Waals surface area contributed by atoms with Crippen LogP contribution in [0.15, 0.2) is 48.8 Å². The fourth-order valence-electron chi connectivity index (χ4n) is 2.93. The molecule has 1 aliphatic heterocycles. The van der Waals surface area contributed by atoms with Crippen LogP contribution >= 0.6 is 0 Å². The van der Waals surface area contributed by atoms with E-state index in [1.807, 2.05) is 36.4 Å². The van der Waals surface area contributed by atoms with E-state index in [1.54, 1.807) is 12.4 Å². The quantitative estimate of drug-likeness (QED) is 0.887. The molecule has 0 bridgehead atoms. The van der Waals surface area contributed by atoms with Crippen molar-refractivity contribution < 1.29 is 9.53 Å². The van der Waals surface area contributed by atoms with E-state index in [0.717, 1.165) is 36.4 Å². The molecule has 24 heavy (non-hydrogen) atoms. The van der Waals surface area contributed by atoms with Crippen LogP contribution in [0.4, 0.5) is 5.69 Å². The maximum absolute atomic E-state index is 12.4. The number of pyridine rings is 1. The van der Waals surface area contributed by atoms with Gasteiger partial charge in [-0.1, -0.05) is 12.1 Å². The third kappa shape index (κ3) is 4.55. The number of nitrogens with zero attached hydrogens (tertiary/aromatic N) is 1. The monoisotopic (exact) mass is 325 g/mol. The van der Waals surface area contributed by atoms with Crippen molar-refractivity contribution in [3.05, 3.63) is 54.4 Å². The van der Waals surface area contributed by atoms with Crippen LogP contribution in [0.2, 0.25) is 0 Å². The van der Waals surface area contributed by atoms with Crippen molar-refractivity contribution in [3.63, 3.8) is 0 Å². The number of ether oxygens (including phenoxy) is 1. The minimum Gasteiger partial charge on any atom is -0.489 e. The zero-order chi connectivity index (χ0) is 16.8. The summed E-state index contributed by atoms with van der Waals surface area (Å²) in [6, 6.07) is 11.8. The average molecular weight is 325 g/mol. The lowest BCUT2D eigenvalue weighted by Gasteiger charge is -2.27. The van der Waals surface area contributed by atoms with E-state index in [-0.39, 0.29) is 11.8 Å². The smallest absolute Gasteiger partial charge is 0.227 e. The maximum Gasteiger partial charge on any atom is 0.227 e. The minimum absolute atomic E-state index is 0.0706. The third-order valence-electron chi connectivity index (χ3n) is 4.22. The summed E-state index contributed by atoms with van der Waals surface area (Å²) in [5.74, 6) is 0.893. The molecule has 1 aromatic carbocycles. The van der Waals surface area contributed by atoms with Gasteiger partial charge in [0.2, 0.25) is 5.91 Å². The molecule has 1 aliphatic rings. The largest absolute Gasteiger partial charge is 0.489 e. The van der Waals surface area contributed by atoms with E-state index >= 15 is 0 Å². The Morgan fingerprint density at radius 1 is 1.38 bits per heavy atom. The number of piperidine rings is 1. The number of nitrogens with one attached hydrogen (secondary N) is 2. The molecule has 2 N–H and O–H groups in total. The van der Waals surface area contributed by atoms with Crippen LogP contribution in [0.1, 0.15) is 25.3 Å². The van der Waals surface area contributed by atoms with Crippen LogP contribution in [-0.4, -0.2) is 23.5 Å². The van der Waals surface area contributed by atoms with Crippen molar-refractivity contribution in [2.24, 2.45) is 5.92 Å². The Balaban J connectivity index is 1.57. The number of amides is 1. The molecule has 5 nitrogen and oxygen atoms in total. The van der Waals surface area contributed by atoms with Gasteiger partial charge in [-0.25, -0.2) is 0 Å². The van der Waals surface area contributed by atoms with Gasteiger partial charge in [-0.3, -0.25) is 9.78 Å². The molecule has 0 saturated carbocycles. The molecule has 2 heterocycles. The summed E-state index contributed by atoms with van der Waals surface area (Å²) in [6.45, 7) is 3.47. The average Bonchev–Trinajstić information content (AvgIpc) is 2.61. The summed E-state index contributed by atoms with van der Waals surface area (Å²) in [4.78, 5) is 16.5. The van der Waals surface area contributed by atoms with E-state index in [1.165, 1.54) is 0 Å². The second-order valence-electron chi connectivity index (χ2n) is 6.24. The lowest BCUT2D eigenvalue weighted by atomic mass is 9.92. The van der Waals surface area contributed by atoms with Crippen molar-refractivity contribution in [3.8, 4) is 5.75 Å². The molecular formula is C19H23N3O2. The molecule has 126 valence electrons. The van der Waals surface area contributed by atoms with Crippen molar-refractivity contribution >= 4 is 11.6 Å². The third-order valence-corrected chi connectivity index (χ3v) is 4.22. The zero-order valence-corrected chi connectivity index (χ0v) is 13.9. The van der Waals surface area contributed by atoms with Gasteiger partial charge in [-0.05, 0) is 44.5 Å². The highest BCUT2D eigenvalue weighted by Crippen LogP contribution is 2.22. The number of anilines is 1. The number of aromatic nitrogens is 1. The summed E-state index contributed by atoms with van der Waals surface area (Å²) in [6.07, 6.45) is 5.28. The Labute approximate surface area is 142 Å². The summed E-state index contributed by atoms with van der Waals surface area (Å²) >= 11 is 0. The first kappa shape index (κ1) is 16.5.